The van der Waals surface area contributed by atoms with Gasteiger partial charge in [0.1, 0.15) is 0 Å². The monoisotopic (exact) mass is 320 g/mol. The number of carboxylic acid groups (broad SMARTS) is 1. The predicted molar refractivity (Wildman–Crippen MR) is 82.2 cm³/mol. The van der Waals surface area contributed by atoms with Gasteiger partial charge in [-0.3, -0.25) is 4.79 Å². The summed E-state index contributed by atoms with van der Waals surface area (Å²) in [5.41, 5.74) is 0. The summed E-state index contributed by atoms with van der Waals surface area (Å²) in [4.78, 5) is 10.9. The van der Waals surface area contributed by atoms with Crippen molar-refractivity contribution >= 4 is 16.2 Å². The van der Waals surface area contributed by atoms with E-state index in [1.54, 1.807) is 0 Å². The molecule has 1 heterocycles. The first-order valence-electron chi connectivity index (χ1n) is 7.88. The van der Waals surface area contributed by atoms with Gasteiger partial charge in [-0.1, -0.05) is 33.1 Å². The van der Waals surface area contributed by atoms with Crippen molar-refractivity contribution < 1.29 is 18.3 Å². The van der Waals surface area contributed by atoms with Gasteiger partial charge in [0.2, 0.25) is 0 Å². The molecule has 0 aromatic heterocycles. The average molecular weight is 320 g/mol. The van der Waals surface area contributed by atoms with E-state index < -0.39 is 22.1 Å². The van der Waals surface area contributed by atoms with Crippen LogP contribution in [0.4, 0.5) is 0 Å². The van der Waals surface area contributed by atoms with E-state index in [1.807, 2.05) is 0 Å². The van der Waals surface area contributed by atoms with E-state index in [0.717, 1.165) is 25.7 Å². The molecule has 124 valence electrons. The summed E-state index contributed by atoms with van der Waals surface area (Å²) in [7, 11) is -3.47. The van der Waals surface area contributed by atoms with Crippen LogP contribution in [0, 0.1) is 11.8 Å². The van der Waals surface area contributed by atoms with Crippen molar-refractivity contribution in [3.8, 4) is 0 Å². The van der Waals surface area contributed by atoms with Crippen LogP contribution in [-0.4, -0.2) is 43.4 Å². The molecule has 21 heavy (non-hydrogen) atoms. The topological polar surface area (TPSA) is 86.7 Å². The molecule has 1 fully saturated rings. The fourth-order valence-electron chi connectivity index (χ4n) is 2.60. The van der Waals surface area contributed by atoms with E-state index in [1.165, 1.54) is 4.31 Å². The van der Waals surface area contributed by atoms with Crippen LogP contribution in [0.3, 0.4) is 0 Å². The third-order valence-electron chi connectivity index (χ3n) is 4.24. The van der Waals surface area contributed by atoms with Gasteiger partial charge in [-0.05, 0) is 25.2 Å². The Bertz CT molecular complexity index is 417. The van der Waals surface area contributed by atoms with Crippen LogP contribution in [0.1, 0.15) is 52.4 Å². The largest absolute Gasteiger partial charge is 0.481 e. The third-order valence-corrected chi connectivity index (χ3v) is 5.82. The average Bonchev–Trinajstić information content (AvgIpc) is 2.47. The Morgan fingerprint density at radius 3 is 2.43 bits per heavy atom. The standard InChI is InChI=1S/C14H28N2O4S/c1-3-5-6-12(4-2)11-15-21(19,20)16-9-7-13(8-10-16)14(17)18/h12-13,15H,3-11H2,1-2H3,(H,17,18). The number of hydrogen-bond donors (Lipinski definition) is 2. The third kappa shape index (κ3) is 5.92. The molecule has 1 aliphatic heterocycles. The molecule has 1 saturated heterocycles. The number of unbranched alkanes of at least 4 members (excludes halogenated alkanes) is 1. The second-order valence-electron chi connectivity index (χ2n) is 5.78. The lowest BCUT2D eigenvalue weighted by Crippen LogP contribution is -2.46. The Morgan fingerprint density at radius 2 is 1.95 bits per heavy atom. The maximum Gasteiger partial charge on any atom is 0.306 e. The maximum atomic E-state index is 12.2. The van der Waals surface area contributed by atoms with Gasteiger partial charge in [0.15, 0.2) is 0 Å². The molecule has 0 aromatic carbocycles. The molecule has 0 amide bonds. The predicted octanol–water partition coefficient (Wildman–Crippen LogP) is 1.83. The first kappa shape index (κ1) is 18.4. The lowest BCUT2D eigenvalue weighted by Gasteiger charge is -2.29. The molecule has 1 atom stereocenters. The molecular formula is C14H28N2O4S. The molecule has 1 rings (SSSR count). The first-order chi connectivity index (χ1) is 9.90. The summed E-state index contributed by atoms with van der Waals surface area (Å²) < 4.78 is 28.5. The van der Waals surface area contributed by atoms with E-state index in [-0.39, 0.29) is 13.1 Å². The molecule has 0 radical (unpaired) electrons. The molecule has 0 bridgehead atoms. The van der Waals surface area contributed by atoms with Gasteiger partial charge >= 0.3 is 5.97 Å². The van der Waals surface area contributed by atoms with Crippen LogP contribution in [0.5, 0.6) is 0 Å². The fourth-order valence-corrected chi connectivity index (χ4v) is 3.92. The maximum absolute atomic E-state index is 12.2. The van der Waals surface area contributed by atoms with Gasteiger partial charge < -0.3 is 5.11 Å². The molecule has 6 nitrogen and oxygen atoms in total. The van der Waals surface area contributed by atoms with E-state index in [0.29, 0.717) is 25.3 Å². The van der Waals surface area contributed by atoms with Crippen molar-refractivity contribution in [1.29, 1.82) is 0 Å². The minimum atomic E-state index is -3.47. The van der Waals surface area contributed by atoms with Crippen molar-refractivity contribution in [1.82, 2.24) is 9.03 Å². The van der Waals surface area contributed by atoms with Crippen LogP contribution < -0.4 is 4.72 Å². The Hall–Kier alpha value is -0.660. The van der Waals surface area contributed by atoms with Gasteiger partial charge in [0.05, 0.1) is 5.92 Å². The number of rotatable bonds is 9. The van der Waals surface area contributed by atoms with Crippen LogP contribution in [0.2, 0.25) is 0 Å². The molecule has 2 N–H and O–H groups in total. The first-order valence-corrected chi connectivity index (χ1v) is 9.32. The zero-order valence-electron chi connectivity index (χ0n) is 13.0. The summed E-state index contributed by atoms with van der Waals surface area (Å²) in [6.07, 6.45) is 5.02. The fraction of sp³-hybridized carbons (Fsp3) is 0.929. The van der Waals surface area contributed by atoms with Crippen molar-refractivity contribution in [2.24, 2.45) is 11.8 Å². The van der Waals surface area contributed by atoms with Gasteiger partial charge in [0, 0.05) is 19.6 Å². The van der Waals surface area contributed by atoms with Crippen LogP contribution >= 0.6 is 0 Å². The summed E-state index contributed by atoms with van der Waals surface area (Å²) in [5.74, 6) is -0.869. The number of nitrogens with zero attached hydrogens (tertiary/aromatic N) is 1. The van der Waals surface area contributed by atoms with Crippen molar-refractivity contribution in [2.75, 3.05) is 19.6 Å². The Balaban J connectivity index is 2.45. The normalized spacial score (nSPS) is 19.5. The number of carbonyl (C=O) groups is 1. The van der Waals surface area contributed by atoms with Crippen molar-refractivity contribution in [2.45, 2.75) is 52.4 Å². The molecular weight excluding hydrogens is 292 g/mol. The second kappa shape index (κ2) is 8.70. The highest BCUT2D eigenvalue weighted by Gasteiger charge is 2.30. The Morgan fingerprint density at radius 1 is 1.33 bits per heavy atom. The van der Waals surface area contributed by atoms with Gasteiger partial charge in [-0.25, -0.2) is 4.72 Å². The van der Waals surface area contributed by atoms with Crippen LogP contribution in [0.15, 0.2) is 0 Å². The summed E-state index contributed by atoms with van der Waals surface area (Å²) in [5, 5.41) is 8.93. The van der Waals surface area contributed by atoms with E-state index in [4.69, 9.17) is 5.11 Å². The zero-order chi connectivity index (χ0) is 15.9. The molecule has 0 spiro atoms. The number of hydrogen-bond acceptors (Lipinski definition) is 3. The quantitative estimate of drug-likeness (QED) is 0.678. The number of aliphatic carboxylic acids is 1. The molecule has 1 unspecified atom stereocenters. The Kier molecular flexibility index (Phi) is 7.62. The molecule has 0 aliphatic carbocycles. The zero-order valence-corrected chi connectivity index (χ0v) is 13.9. The van der Waals surface area contributed by atoms with Gasteiger partial charge in [-0.2, -0.15) is 12.7 Å². The lowest BCUT2D eigenvalue weighted by atomic mass is 9.99. The second-order valence-corrected chi connectivity index (χ2v) is 7.54. The summed E-state index contributed by atoms with van der Waals surface area (Å²) >= 11 is 0. The van der Waals surface area contributed by atoms with Crippen LogP contribution in [0.25, 0.3) is 0 Å². The van der Waals surface area contributed by atoms with E-state index in [9.17, 15) is 13.2 Å². The summed E-state index contributed by atoms with van der Waals surface area (Å²) in [6, 6.07) is 0. The smallest absolute Gasteiger partial charge is 0.306 e. The minimum Gasteiger partial charge on any atom is -0.481 e. The summed E-state index contributed by atoms with van der Waals surface area (Å²) in [6.45, 7) is 5.25. The lowest BCUT2D eigenvalue weighted by molar-refractivity contribution is -0.142. The van der Waals surface area contributed by atoms with E-state index in [2.05, 4.69) is 18.6 Å². The molecule has 0 aromatic rings. The van der Waals surface area contributed by atoms with Crippen molar-refractivity contribution in [3.05, 3.63) is 0 Å². The number of piperidine rings is 1. The van der Waals surface area contributed by atoms with E-state index >= 15 is 0 Å². The highest BCUT2D eigenvalue weighted by atomic mass is 32.2. The number of carboxylic acids is 1. The van der Waals surface area contributed by atoms with Crippen LogP contribution in [-0.2, 0) is 15.0 Å². The SMILES string of the molecule is CCCCC(CC)CNS(=O)(=O)N1CCC(C(=O)O)CC1. The minimum absolute atomic E-state index is 0.290. The molecule has 1 aliphatic rings. The molecule has 0 saturated carbocycles. The number of nitrogens with one attached hydrogen (secondary N) is 1. The van der Waals surface area contributed by atoms with Gasteiger partial charge in [0.25, 0.3) is 10.2 Å². The Labute approximate surface area is 128 Å². The molecule has 7 heteroatoms. The highest BCUT2D eigenvalue weighted by molar-refractivity contribution is 7.87. The van der Waals surface area contributed by atoms with Crippen molar-refractivity contribution in [3.63, 3.8) is 0 Å². The van der Waals surface area contributed by atoms with Gasteiger partial charge in [-0.15, -0.1) is 0 Å². The highest BCUT2D eigenvalue weighted by Crippen LogP contribution is 2.19.